The van der Waals surface area contributed by atoms with Crippen molar-refractivity contribution in [3.8, 4) is 0 Å². The summed E-state index contributed by atoms with van der Waals surface area (Å²) in [5.41, 5.74) is 0. The summed E-state index contributed by atoms with van der Waals surface area (Å²) in [5.74, 6) is -0.222. The first-order valence-corrected chi connectivity index (χ1v) is 4.43. The maximum atomic E-state index is 5.57. The van der Waals surface area contributed by atoms with Gasteiger partial charge in [-0.2, -0.15) is 9.78 Å². The van der Waals surface area contributed by atoms with Gasteiger partial charge in [0.1, 0.15) is 0 Å². The van der Waals surface area contributed by atoms with Gasteiger partial charge < -0.3 is 0 Å². The molecule has 0 amide bonds. The summed E-state index contributed by atoms with van der Waals surface area (Å²) in [4.78, 5) is 8.98. The first kappa shape index (κ1) is 10.1. The lowest BCUT2D eigenvalue weighted by atomic mass is 10.7. The average molecular weight is 242 g/mol. The fourth-order valence-corrected chi connectivity index (χ4v) is 1.04. The van der Waals surface area contributed by atoms with E-state index in [1.165, 1.54) is 0 Å². The number of hydrogen-bond donors (Lipinski definition) is 0. The van der Waals surface area contributed by atoms with Gasteiger partial charge in [0.25, 0.3) is 10.5 Å². The maximum Gasteiger partial charge on any atom is 0.295 e. The lowest BCUT2D eigenvalue weighted by molar-refractivity contribution is -0.309. The van der Waals surface area contributed by atoms with Crippen LogP contribution in [0.25, 0.3) is 0 Å². The minimum absolute atomic E-state index is 0.111. The second-order valence-electron chi connectivity index (χ2n) is 1.86. The van der Waals surface area contributed by atoms with Gasteiger partial charge in [0.15, 0.2) is 0 Å². The van der Waals surface area contributed by atoms with E-state index in [2.05, 4.69) is 9.78 Å². The molecule has 1 heterocycles. The second-order valence-corrected chi connectivity index (χ2v) is 3.54. The molecule has 3 nitrogen and oxygen atoms in total. The number of halogens is 4. The van der Waals surface area contributed by atoms with Crippen molar-refractivity contribution in [3.63, 3.8) is 0 Å². The van der Waals surface area contributed by atoms with E-state index in [1.807, 2.05) is 0 Å². The van der Waals surface area contributed by atoms with Crippen LogP contribution in [0.15, 0.2) is 0 Å². The molecular formula is C4H4Cl4O3. The molecule has 0 radical (unpaired) electrons. The van der Waals surface area contributed by atoms with Gasteiger partial charge in [-0.1, -0.05) is 23.2 Å². The standard InChI is InChI=1S/C4H4Cl4O3/c5-1-3(7)9-4(8,2-6)11-10-3/h1-2H2. The molecule has 2 atom stereocenters. The summed E-state index contributed by atoms with van der Waals surface area (Å²) < 4.78 is 4.86. The first-order chi connectivity index (χ1) is 5.04. The van der Waals surface area contributed by atoms with Crippen molar-refractivity contribution in [2.24, 2.45) is 0 Å². The minimum atomic E-state index is -1.53. The highest BCUT2D eigenvalue weighted by Gasteiger charge is 2.50. The van der Waals surface area contributed by atoms with E-state index in [9.17, 15) is 0 Å². The minimum Gasteiger partial charge on any atom is -0.284 e. The molecule has 0 aromatic carbocycles. The summed E-state index contributed by atoms with van der Waals surface area (Å²) in [6, 6.07) is 0. The Hall–Kier alpha value is 1.04. The van der Waals surface area contributed by atoms with Crippen LogP contribution in [0.5, 0.6) is 0 Å². The molecule has 1 aliphatic heterocycles. The Morgan fingerprint density at radius 2 is 1.27 bits per heavy atom. The molecule has 11 heavy (non-hydrogen) atoms. The third-order valence-corrected chi connectivity index (χ3v) is 2.44. The highest BCUT2D eigenvalue weighted by atomic mass is 35.5. The molecule has 1 saturated heterocycles. The lowest BCUT2D eigenvalue weighted by Crippen LogP contribution is -2.31. The van der Waals surface area contributed by atoms with Crippen molar-refractivity contribution >= 4 is 46.4 Å². The highest BCUT2D eigenvalue weighted by Crippen LogP contribution is 2.39. The number of hydrogen-bond acceptors (Lipinski definition) is 3. The van der Waals surface area contributed by atoms with E-state index in [-0.39, 0.29) is 11.8 Å². The number of ether oxygens (including phenoxy) is 1. The molecule has 0 saturated carbocycles. The predicted octanol–water partition coefficient (Wildman–Crippen LogP) is 2.23. The fraction of sp³-hybridized carbons (Fsp3) is 1.00. The largest absolute Gasteiger partial charge is 0.295 e. The van der Waals surface area contributed by atoms with Gasteiger partial charge in [0.05, 0.1) is 11.8 Å². The zero-order valence-electron chi connectivity index (χ0n) is 5.15. The van der Waals surface area contributed by atoms with E-state index < -0.39 is 10.5 Å². The van der Waals surface area contributed by atoms with E-state index in [0.717, 1.165) is 0 Å². The van der Waals surface area contributed by atoms with Crippen molar-refractivity contribution in [3.05, 3.63) is 0 Å². The lowest BCUT2D eigenvalue weighted by Gasteiger charge is -2.15. The molecule has 1 aliphatic rings. The molecule has 1 fully saturated rings. The second kappa shape index (κ2) is 3.42. The summed E-state index contributed by atoms with van der Waals surface area (Å²) in [5, 5.41) is -3.06. The number of rotatable bonds is 2. The van der Waals surface area contributed by atoms with E-state index in [4.69, 9.17) is 51.1 Å². The van der Waals surface area contributed by atoms with E-state index in [1.54, 1.807) is 0 Å². The third kappa shape index (κ3) is 2.25. The molecule has 0 aromatic rings. The van der Waals surface area contributed by atoms with Crippen LogP contribution in [0.1, 0.15) is 0 Å². The molecular weight excluding hydrogens is 238 g/mol. The van der Waals surface area contributed by atoms with Crippen LogP contribution >= 0.6 is 46.4 Å². The van der Waals surface area contributed by atoms with Gasteiger partial charge in [-0.25, -0.2) is 0 Å². The molecule has 0 aliphatic carbocycles. The zero-order valence-corrected chi connectivity index (χ0v) is 8.17. The van der Waals surface area contributed by atoms with Crippen molar-refractivity contribution in [2.75, 3.05) is 11.8 Å². The fourth-order valence-electron chi connectivity index (χ4n) is 0.485. The van der Waals surface area contributed by atoms with E-state index in [0.29, 0.717) is 0 Å². The van der Waals surface area contributed by atoms with Crippen molar-refractivity contribution < 1.29 is 14.5 Å². The van der Waals surface area contributed by atoms with Crippen molar-refractivity contribution in [1.82, 2.24) is 0 Å². The Labute approximate surface area is 83.3 Å². The van der Waals surface area contributed by atoms with Crippen LogP contribution in [0.4, 0.5) is 0 Å². The number of alkyl halides is 4. The molecule has 1 rings (SSSR count). The van der Waals surface area contributed by atoms with Gasteiger partial charge in [-0.15, -0.1) is 23.2 Å². The van der Waals surface area contributed by atoms with Crippen molar-refractivity contribution in [1.29, 1.82) is 0 Å². The van der Waals surface area contributed by atoms with Gasteiger partial charge in [0, 0.05) is 0 Å². The summed E-state index contributed by atoms with van der Waals surface area (Å²) in [6.07, 6.45) is 0. The molecule has 2 unspecified atom stereocenters. The Morgan fingerprint density at radius 1 is 0.909 bits per heavy atom. The Morgan fingerprint density at radius 3 is 1.45 bits per heavy atom. The van der Waals surface area contributed by atoms with Crippen LogP contribution in [0, 0.1) is 0 Å². The Balaban J connectivity index is 2.58. The third-order valence-electron chi connectivity index (χ3n) is 0.915. The maximum absolute atomic E-state index is 5.57. The topological polar surface area (TPSA) is 27.7 Å². The zero-order chi connectivity index (χ0) is 8.54. The molecule has 66 valence electrons. The molecule has 0 N–H and O–H groups in total. The molecule has 0 aromatic heterocycles. The molecule has 7 heteroatoms. The smallest absolute Gasteiger partial charge is 0.284 e. The monoisotopic (exact) mass is 240 g/mol. The Kier molecular flexibility index (Phi) is 3.15. The van der Waals surface area contributed by atoms with Gasteiger partial charge in [-0.3, -0.25) is 4.74 Å². The Bertz CT molecular complexity index is 140. The quantitative estimate of drug-likeness (QED) is 0.548. The predicted molar refractivity (Wildman–Crippen MR) is 41.9 cm³/mol. The summed E-state index contributed by atoms with van der Waals surface area (Å²) in [7, 11) is 0. The van der Waals surface area contributed by atoms with Gasteiger partial charge in [0.2, 0.25) is 0 Å². The van der Waals surface area contributed by atoms with E-state index >= 15 is 0 Å². The van der Waals surface area contributed by atoms with Crippen LogP contribution in [-0.2, 0) is 14.5 Å². The van der Waals surface area contributed by atoms with Crippen LogP contribution < -0.4 is 0 Å². The van der Waals surface area contributed by atoms with Crippen LogP contribution in [0.2, 0.25) is 0 Å². The SMILES string of the molecule is ClCC1(Cl)OOC(Cl)(CCl)O1. The highest BCUT2D eigenvalue weighted by molar-refractivity contribution is 6.31. The normalized spacial score (nSPS) is 44.7. The summed E-state index contributed by atoms with van der Waals surface area (Å²) in [6.45, 7) is 0. The van der Waals surface area contributed by atoms with Gasteiger partial charge in [-0.05, 0) is 0 Å². The summed E-state index contributed by atoms with van der Waals surface area (Å²) >= 11 is 21.9. The van der Waals surface area contributed by atoms with Crippen molar-refractivity contribution in [2.45, 2.75) is 10.5 Å². The van der Waals surface area contributed by atoms with Crippen LogP contribution in [0.3, 0.4) is 0 Å². The first-order valence-electron chi connectivity index (χ1n) is 2.60. The average Bonchev–Trinajstić information content (AvgIpc) is 2.30. The van der Waals surface area contributed by atoms with Crippen LogP contribution in [-0.4, -0.2) is 22.3 Å². The molecule has 0 bridgehead atoms. The van der Waals surface area contributed by atoms with Gasteiger partial charge >= 0.3 is 0 Å². The molecule has 0 spiro atoms.